The molecular weight excluding hydrogens is 288 g/mol. The quantitative estimate of drug-likeness (QED) is 0.690. The van der Waals surface area contributed by atoms with E-state index in [0.717, 1.165) is 22.3 Å². The predicted octanol–water partition coefficient (Wildman–Crippen LogP) is 3.73. The lowest BCUT2D eigenvalue weighted by molar-refractivity contribution is 0.0950. The molecule has 3 N–H and O–H groups in total. The number of phenolic OH excluding ortho intramolecular Hbond substituents is 1. The summed E-state index contributed by atoms with van der Waals surface area (Å²) in [5.41, 5.74) is 5.77. The summed E-state index contributed by atoms with van der Waals surface area (Å²) in [4.78, 5) is 15.5. The largest absolute Gasteiger partial charge is 0.508 e. The third kappa shape index (κ3) is 2.93. The molecule has 1 aromatic heterocycles. The second kappa shape index (κ2) is 5.80. The van der Waals surface area contributed by atoms with Gasteiger partial charge in [-0.25, -0.2) is 0 Å². The van der Waals surface area contributed by atoms with Crippen molar-refractivity contribution in [2.75, 3.05) is 0 Å². The molecule has 0 atom stereocenters. The predicted molar refractivity (Wildman–Crippen MR) is 91.8 cm³/mol. The molecule has 3 aromatic rings. The minimum atomic E-state index is -0.192. The molecular formula is C19H20N2O2. The van der Waals surface area contributed by atoms with Crippen molar-refractivity contribution in [1.82, 2.24) is 10.3 Å². The molecule has 1 amide bonds. The number of carbonyl (C=O) groups is 1. The zero-order valence-electron chi connectivity index (χ0n) is 13.5. The van der Waals surface area contributed by atoms with Gasteiger partial charge in [-0.05, 0) is 61.7 Å². The number of phenols is 1. The number of aromatic nitrogens is 1. The fourth-order valence-electron chi connectivity index (χ4n) is 2.65. The molecule has 0 bridgehead atoms. The van der Waals surface area contributed by atoms with E-state index in [1.165, 1.54) is 17.0 Å². The van der Waals surface area contributed by atoms with Crippen molar-refractivity contribution < 1.29 is 9.90 Å². The smallest absolute Gasteiger partial charge is 0.251 e. The van der Waals surface area contributed by atoms with Gasteiger partial charge in [0.2, 0.25) is 0 Å². The van der Waals surface area contributed by atoms with Crippen LogP contribution in [0.15, 0.2) is 36.4 Å². The lowest BCUT2D eigenvalue weighted by Gasteiger charge is -2.07. The van der Waals surface area contributed by atoms with E-state index >= 15 is 0 Å². The van der Waals surface area contributed by atoms with Gasteiger partial charge in [0.05, 0.1) is 0 Å². The molecule has 4 nitrogen and oxygen atoms in total. The highest BCUT2D eigenvalue weighted by Crippen LogP contribution is 2.22. The maximum absolute atomic E-state index is 12.2. The van der Waals surface area contributed by atoms with Gasteiger partial charge in [0.1, 0.15) is 5.75 Å². The Balaban J connectivity index is 1.76. The van der Waals surface area contributed by atoms with Crippen LogP contribution < -0.4 is 5.32 Å². The van der Waals surface area contributed by atoms with E-state index < -0.39 is 0 Å². The normalized spacial score (nSPS) is 10.9. The van der Waals surface area contributed by atoms with Gasteiger partial charge in [0.25, 0.3) is 5.91 Å². The number of benzene rings is 2. The topological polar surface area (TPSA) is 65.1 Å². The summed E-state index contributed by atoms with van der Waals surface area (Å²) in [6.07, 6.45) is 0. The van der Waals surface area contributed by atoms with Crippen LogP contribution in [0.4, 0.5) is 0 Å². The Morgan fingerprint density at radius 3 is 2.65 bits per heavy atom. The average Bonchev–Trinajstić information content (AvgIpc) is 2.82. The zero-order chi connectivity index (χ0) is 16.6. The Morgan fingerprint density at radius 1 is 1.13 bits per heavy atom. The van der Waals surface area contributed by atoms with Crippen LogP contribution in [-0.2, 0) is 6.54 Å². The fourth-order valence-corrected chi connectivity index (χ4v) is 2.65. The fraction of sp³-hybridized carbons (Fsp3) is 0.211. The number of hydrogen-bond donors (Lipinski definition) is 3. The Kier molecular flexibility index (Phi) is 3.82. The first-order valence-corrected chi connectivity index (χ1v) is 7.61. The second-order valence-corrected chi connectivity index (χ2v) is 5.94. The number of fused-ring (bicyclic) bond motifs is 1. The van der Waals surface area contributed by atoms with Crippen molar-refractivity contribution in [2.24, 2.45) is 0 Å². The van der Waals surface area contributed by atoms with Crippen molar-refractivity contribution in [3.05, 3.63) is 64.3 Å². The first kappa shape index (κ1) is 15.2. The molecule has 118 valence electrons. The number of aromatic hydroxyl groups is 1. The maximum atomic E-state index is 12.2. The van der Waals surface area contributed by atoms with E-state index in [-0.39, 0.29) is 11.7 Å². The van der Waals surface area contributed by atoms with Crippen molar-refractivity contribution in [2.45, 2.75) is 27.3 Å². The maximum Gasteiger partial charge on any atom is 0.251 e. The zero-order valence-corrected chi connectivity index (χ0v) is 13.5. The number of H-pyrrole nitrogens is 1. The third-order valence-corrected chi connectivity index (χ3v) is 4.30. The number of amides is 1. The summed E-state index contributed by atoms with van der Waals surface area (Å²) in [6.45, 7) is 6.40. The minimum Gasteiger partial charge on any atom is -0.508 e. The van der Waals surface area contributed by atoms with E-state index in [0.29, 0.717) is 12.1 Å². The molecule has 1 heterocycles. The highest BCUT2D eigenvalue weighted by molar-refractivity contribution is 5.94. The van der Waals surface area contributed by atoms with Crippen LogP contribution in [0.5, 0.6) is 5.75 Å². The first-order chi connectivity index (χ1) is 11.0. The number of carbonyl (C=O) groups excluding carboxylic acids is 1. The number of aromatic amines is 1. The van der Waals surface area contributed by atoms with Crippen LogP contribution in [0.25, 0.3) is 10.9 Å². The highest BCUT2D eigenvalue weighted by Gasteiger charge is 2.09. The molecule has 0 radical (unpaired) electrons. The van der Waals surface area contributed by atoms with E-state index in [1.54, 1.807) is 19.1 Å². The number of aryl methyl sites for hydroxylation is 3. The van der Waals surface area contributed by atoms with Gasteiger partial charge in [-0.1, -0.05) is 12.1 Å². The van der Waals surface area contributed by atoms with Gasteiger partial charge in [-0.3, -0.25) is 4.79 Å². The van der Waals surface area contributed by atoms with Crippen LogP contribution in [0.1, 0.15) is 32.7 Å². The summed E-state index contributed by atoms with van der Waals surface area (Å²) < 4.78 is 0. The van der Waals surface area contributed by atoms with Crippen LogP contribution in [0.2, 0.25) is 0 Å². The summed E-state index contributed by atoms with van der Waals surface area (Å²) in [7, 11) is 0. The summed E-state index contributed by atoms with van der Waals surface area (Å²) in [5.74, 6) is -0.0557. The molecule has 0 aliphatic heterocycles. The monoisotopic (exact) mass is 308 g/mol. The molecule has 0 unspecified atom stereocenters. The van der Waals surface area contributed by atoms with Gasteiger partial charge in [0.15, 0.2) is 0 Å². The van der Waals surface area contributed by atoms with E-state index in [4.69, 9.17) is 0 Å². The van der Waals surface area contributed by atoms with Crippen molar-refractivity contribution in [3.63, 3.8) is 0 Å². The molecule has 0 saturated carbocycles. The Morgan fingerprint density at radius 2 is 1.91 bits per heavy atom. The number of rotatable bonds is 3. The van der Waals surface area contributed by atoms with E-state index in [9.17, 15) is 9.90 Å². The van der Waals surface area contributed by atoms with Gasteiger partial charge in [-0.15, -0.1) is 0 Å². The molecule has 0 aliphatic carbocycles. The van der Waals surface area contributed by atoms with Crippen molar-refractivity contribution >= 4 is 16.8 Å². The Labute approximate surface area is 135 Å². The number of hydrogen-bond acceptors (Lipinski definition) is 2. The van der Waals surface area contributed by atoms with Crippen LogP contribution >= 0.6 is 0 Å². The van der Waals surface area contributed by atoms with E-state index in [1.807, 2.05) is 12.1 Å². The lowest BCUT2D eigenvalue weighted by atomic mass is 10.1. The van der Waals surface area contributed by atoms with Gasteiger partial charge in [-0.2, -0.15) is 0 Å². The lowest BCUT2D eigenvalue weighted by Crippen LogP contribution is -2.22. The second-order valence-electron chi connectivity index (χ2n) is 5.94. The summed E-state index contributed by atoms with van der Waals surface area (Å²) >= 11 is 0. The average molecular weight is 308 g/mol. The van der Waals surface area contributed by atoms with Gasteiger partial charge >= 0.3 is 0 Å². The number of nitrogens with one attached hydrogen (secondary N) is 2. The Bertz CT molecular complexity index is 894. The summed E-state index contributed by atoms with van der Waals surface area (Å²) in [5, 5.41) is 13.8. The molecule has 2 aromatic carbocycles. The van der Waals surface area contributed by atoms with Crippen LogP contribution in [0, 0.1) is 20.8 Å². The van der Waals surface area contributed by atoms with Gasteiger partial charge < -0.3 is 15.4 Å². The molecule has 23 heavy (non-hydrogen) atoms. The Hall–Kier alpha value is -2.75. The molecule has 0 aliphatic rings. The summed E-state index contributed by atoms with van der Waals surface area (Å²) in [6, 6.07) is 11.1. The van der Waals surface area contributed by atoms with E-state index in [2.05, 4.69) is 30.2 Å². The van der Waals surface area contributed by atoms with Crippen molar-refractivity contribution in [3.8, 4) is 5.75 Å². The molecule has 0 fully saturated rings. The standard InChI is InChI=1S/C19H20N2O2/c1-11-4-6-15(9-18(11)22)19(23)20-10-14-5-7-17-16(8-14)12(2)13(3)21-17/h4-9,21-22H,10H2,1-3H3,(H,20,23). The minimum absolute atomic E-state index is 0.137. The molecule has 3 rings (SSSR count). The third-order valence-electron chi connectivity index (χ3n) is 4.30. The first-order valence-electron chi connectivity index (χ1n) is 7.61. The molecule has 0 spiro atoms. The highest BCUT2D eigenvalue weighted by atomic mass is 16.3. The molecule has 0 saturated heterocycles. The van der Waals surface area contributed by atoms with Crippen LogP contribution in [0.3, 0.4) is 0 Å². The van der Waals surface area contributed by atoms with Crippen LogP contribution in [-0.4, -0.2) is 16.0 Å². The van der Waals surface area contributed by atoms with Gasteiger partial charge in [0, 0.05) is 28.7 Å². The SMILES string of the molecule is Cc1ccc(C(=O)NCc2ccc3[nH]c(C)c(C)c3c2)cc1O. The molecule has 4 heteroatoms. The van der Waals surface area contributed by atoms with Crippen molar-refractivity contribution in [1.29, 1.82) is 0 Å².